The number of amides is 1. The van der Waals surface area contributed by atoms with Crippen LogP contribution in [0.1, 0.15) is 41.7 Å². The highest BCUT2D eigenvalue weighted by atomic mass is 16.2. The van der Waals surface area contributed by atoms with Crippen molar-refractivity contribution >= 4 is 5.91 Å². The molecule has 0 aliphatic carbocycles. The maximum Gasteiger partial charge on any atom is 0.271 e. The molecule has 1 atom stereocenters. The van der Waals surface area contributed by atoms with E-state index in [1.54, 1.807) is 12.5 Å². The van der Waals surface area contributed by atoms with Crippen molar-refractivity contribution in [2.75, 3.05) is 32.7 Å². The second-order valence-corrected chi connectivity index (χ2v) is 7.91. The van der Waals surface area contributed by atoms with Crippen molar-refractivity contribution < 1.29 is 4.79 Å². The van der Waals surface area contributed by atoms with Gasteiger partial charge < -0.3 is 14.8 Å². The van der Waals surface area contributed by atoms with Gasteiger partial charge in [-0.25, -0.2) is 4.98 Å². The number of nitrogens with one attached hydrogen (secondary N) is 1. The molecule has 4 rings (SSSR count). The van der Waals surface area contributed by atoms with Gasteiger partial charge in [0, 0.05) is 25.0 Å². The Kier molecular flexibility index (Phi) is 5.07. The Hall–Kier alpha value is -2.14. The van der Waals surface area contributed by atoms with Gasteiger partial charge in [0.25, 0.3) is 5.91 Å². The van der Waals surface area contributed by atoms with Crippen LogP contribution in [-0.4, -0.2) is 58.4 Å². The average molecular weight is 352 g/mol. The molecule has 0 radical (unpaired) electrons. The van der Waals surface area contributed by atoms with E-state index in [0.717, 1.165) is 39.0 Å². The number of carbonyl (C=O) groups is 1. The van der Waals surface area contributed by atoms with E-state index in [0.29, 0.717) is 11.1 Å². The van der Waals surface area contributed by atoms with Gasteiger partial charge in [0.05, 0.1) is 12.5 Å². The molecular weight excluding hydrogens is 324 g/mol. The first-order valence-corrected chi connectivity index (χ1v) is 9.78. The Morgan fingerprint density at radius 1 is 1.15 bits per heavy atom. The van der Waals surface area contributed by atoms with Gasteiger partial charge in [-0.05, 0) is 50.8 Å². The molecule has 2 aliphatic heterocycles. The van der Waals surface area contributed by atoms with Crippen LogP contribution < -0.4 is 0 Å². The summed E-state index contributed by atoms with van der Waals surface area (Å²) >= 11 is 0. The van der Waals surface area contributed by atoms with Gasteiger partial charge in [0.15, 0.2) is 0 Å². The number of aromatic amines is 1. The highest BCUT2D eigenvalue weighted by molar-refractivity contribution is 5.92. The molecule has 0 saturated carbocycles. The lowest BCUT2D eigenvalue weighted by atomic mass is 9.79. The van der Waals surface area contributed by atoms with E-state index in [4.69, 9.17) is 0 Å². The standard InChI is InChI=1S/C21H28N4O/c26-20(19-14-22-17-23-19)25-13-10-21(16-25)9-5-12-24(15-21)11-4-8-18-6-2-1-3-7-18/h1-3,6-7,14,17H,4-5,8-13,15-16H2,(H,22,23). The van der Waals surface area contributed by atoms with Crippen LogP contribution in [0.25, 0.3) is 0 Å². The molecule has 0 bridgehead atoms. The van der Waals surface area contributed by atoms with Crippen LogP contribution in [0.2, 0.25) is 0 Å². The number of H-pyrrole nitrogens is 1. The molecule has 2 aromatic rings. The van der Waals surface area contributed by atoms with Gasteiger partial charge in [-0.15, -0.1) is 0 Å². The normalized spacial score (nSPS) is 23.6. The maximum atomic E-state index is 12.6. The van der Waals surface area contributed by atoms with Crippen LogP contribution >= 0.6 is 0 Å². The highest BCUT2D eigenvalue weighted by Crippen LogP contribution is 2.39. The predicted molar refractivity (Wildman–Crippen MR) is 102 cm³/mol. The van der Waals surface area contributed by atoms with Crippen molar-refractivity contribution in [2.45, 2.75) is 32.1 Å². The maximum absolute atomic E-state index is 12.6. The smallest absolute Gasteiger partial charge is 0.271 e. The van der Waals surface area contributed by atoms with Crippen molar-refractivity contribution in [1.29, 1.82) is 0 Å². The van der Waals surface area contributed by atoms with Crippen molar-refractivity contribution in [2.24, 2.45) is 5.41 Å². The Balaban J connectivity index is 1.30. The number of benzene rings is 1. The number of likely N-dealkylation sites (tertiary alicyclic amines) is 2. The van der Waals surface area contributed by atoms with Crippen LogP contribution in [0.4, 0.5) is 0 Å². The second-order valence-electron chi connectivity index (χ2n) is 7.91. The quantitative estimate of drug-likeness (QED) is 0.900. The summed E-state index contributed by atoms with van der Waals surface area (Å²) in [6.07, 6.45) is 9.18. The molecule has 26 heavy (non-hydrogen) atoms. The number of imidazole rings is 1. The van der Waals surface area contributed by atoms with Gasteiger partial charge in [0.2, 0.25) is 0 Å². The number of piperidine rings is 1. The van der Waals surface area contributed by atoms with Crippen molar-refractivity contribution in [3.63, 3.8) is 0 Å². The lowest BCUT2D eigenvalue weighted by molar-refractivity contribution is 0.0684. The minimum atomic E-state index is 0.0978. The van der Waals surface area contributed by atoms with Gasteiger partial charge in [-0.2, -0.15) is 0 Å². The number of rotatable bonds is 5. The SMILES string of the molecule is O=C(c1cnc[nH]1)N1CCC2(CCCN(CCCc3ccccc3)C2)C1. The average Bonchev–Trinajstić information content (AvgIpc) is 3.33. The van der Waals surface area contributed by atoms with Crippen LogP contribution in [0.5, 0.6) is 0 Å². The first kappa shape index (κ1) is 17.3. The van der Waals surface area contributed by atoms with Crippen LogP contribution in [0.3, 0.4) is 0 Å². The van der Waals surface area contributed by atoms with E-state index < -0.39 is 0 Å². The van der Waals surface area contributed by atoms with Gasteiger partial charge in [0.1, 0.15) is 5.69 Å². The minimum Gasteiger partial charge on any atom is -0.341 e. The van der Waals surface area contributed by atoms with E-state index in [1.165, 1.54) is 31.4 Å². The second kappa shape index (κ2) is 7.62. The zero-order valence-corrected chi connectivity index (χ0v) is 15.4. The number of aromatic nitrogens is 2. The number of hydrogen-bond donors (Lipinski definition) is 1. The Morgan fingerprint density at radius 3 is 2.85 bits per heavy atom. The number of nitrogens with zero attached hydrogens (tertiary/aromatic N) is 3. The summed E-state index contributed by atoms with van der Waals surface area (Å²) < 4.78 is 0. The summed E-state index contributed by atoms with van der Waals surface area (Å²) in [7, 11) is 0. The molecule has 1 spiro atoms. The predicted octanol–water partition coefficient (Wildman–Crippen LogP) is 2.97. The van der Waals surface area contributed by atoms with Crippen LogP contribution in [0.15, 0.2) is 42.9 Å². The fourth-order valence-electron chi connectivity index (χ4n) is 4.64. The van der Waals surface area contributed by atoms with E-state index in [2.05, 4.69) is 45.2 Å². The monoisotopic (exact) mass is 352 g/mol. The van der Waals surface area contributed by atoms with Gasteiger partial charge in [-0.1, -0.05) is 30.3 Å². The Labute approximate surface area is 155 Å². The lowest BCUT2D eigenvalue weighted by Gasteiger charge is -2.40. The third kappa shape index (κ3) is 3.83. The van der Waals surface area contributed by atoms with Gasteiger partial charge >= 0.3 is 0 Å². The molecule has 1 aromatic carbocycles. The summed E-state index contributed by atoms with van der Waals surface area (Å²) in [5, 5.41) is 0. The molecule has 2 saturated heterocycles. The zero-order valence-electron chi connectivity index (χ0n) is 15.4. The third-order valence-corrected chi connectivity index (χ3v) is 5.98. The molecule has 5 nitrogen and oxygen atoms in total. The molecule has 3 heterocycles. The van der Waals surface area contributed by atoms with Crippen LogP contribution in [-0.2, 0) is 6.42 Å². The van der Waals surface area contributed by atoms with Crippen molar-refractivity contribution in [3.05, 3.63) is 54.1 Å². The van der Waals surface area contributed by atoms with E-state index in [9.17, 15) is 4.79 Å². The molecule has 1 unspecified atom stereocenters. The minimum absolute atomic E-state index is 0.0978. The summed E-state index contributed by atoms with van der Waals surface area (Å²) in [5.41, 5.74) is 2.33. The molecule has 5 heteroatoms. The number of aryl methyl sites for hydroxylation is 1. The van der Waals surface area contributed by atoms with Crippen molar-refractivity contribution in [3.8, 4) is 0 Å². The van der Waals surface area contributed by atoms with Crippen molar-refractivity contribution in [1.82, 2.24) is 19.8 Å². The lowest BCUT2D eigenvalue weighted by Crippen LogP contribution is -2.45. The molecule has 1 amide bonds. The zero-order chi connectivity index (χ0) is 17.8. The Bertz CT molecular complexity index is 715. The number of carbonyl (C=O) groups excluding carboxylic acids is 1. The van der Waals surface area contributed by atoms with E-state index >= 15 is 0 Å². The molecule has 1 N–H and O–H groups in total. The first-order valence-electron chi connectivity index (χ1n) is 9.78. The molecule has 138 valence electrons. The van der Waals surface area contributed by atoms with E-state index in [-0.39, 0.29) is 5.91 Å². The largest absolute Gasteiger partial charge is 0.341 e. The molecule has 1 aromatic heterocycles. The topological polar surface area (TPSA) is 52.2 Å². The fourth-order valence-corrected chi connectivity index (χ4v) is 4.64. The van der Waals surface area contributed by atoms with Crippen LogP contribution in [0, 0.1) is 5.41 Å². The summed E-state index contributed by atoms with van der Waals surface area (Å²) in [5.74, 6) is 0.0978. The first-order chi connectivity index (χ1) is 12.7. The summed E-state index contributed by atoms with van der Waals surface area (Å²) in [6.45, 7) is 5.25. The molecular formula is C21H28N4O. The Morgan fingerprint density at radius 2 is 2.04 bits per heavy atom. The summed E-state index contributed by atoms with van der Waals surface area (Å²) in [6, 6.07) is 10.7. The van der Waals surface area contributed by atoms with E-state index in [1.807, 2.05) is 4.90 Å². The third-order valence-electron chi connectivity index (χ3n) is 5.98. The summed E-state index contributed by atoms with van der Waals surface area (Å²) in [4.78, 5) is 24.1. The molecule has 2 fully saturated rings. The fraction of sp³-hybridized carbons (Fsp3) is 0.524. The molecule has 2 aliphatic rings. The van der Waals surface area contributed by atoms with Gasteiger partial charge in [-0.3, -0.25) is 4.79 Å². The number of hydrogen-bond acceptors (Lipinski definition) is 3. The highest BCUT2D eigenvalue weighted by Gasteiger charge is 2.42.